The molecule has 16 heavy (non-hydrogen) atoms. The predicted octanol–water partition coefficient (Wildman–Crippen LogP) is 3.06. The van der Waals surface area contributed by atoms with Crippen LogP contribution in [0.25, 0.3) is 0 Å². The van der Waals surface area contributed by atoms with Gasteiger partial charge in [-0.3, -0.25) is 4.79 Å². The van der Waals surface area contributed by atoms with E-state index in [1.807, 2.05) is 6.92 Å². The fraction of sp³-hybridized carbons (Fsp3) is 0.417. The summed E-state index contributed by atoms with van der Waals surface area (Å²) in [7, 11) is 1.56. The molecular formula is C12H15BrO3. The van der Waals surface area contributed by atoms with Gasteiger partial charge >= 0.3 is 0 Å². The molecule has 1 unspecified atom stereocenters. The summed E-state index contributed by atoms with van der Waals surface area (Å²) in [6, 6.07) is 5.18. The monoisotopic (exact) mass is 286 g/mol. The van der Waals surface area contributed by atoms with Crippen LogP contribution in [0.1, 0.15) is 24.2 Å². The first-order valence-electron chi connectivity index (χ1n) is 5.00. The lowest BCUT2D eigenvalue weighted by molar-refractivity contribution is 0.101. The van der Waals surface area contributed by atoms with Crippen LogP contribution in [-0.2, 0) is 0 Å². The zero-order valence-electron chi connectivity index (χ0n) is 9.62. The van der Waals surface area contributed by atoms with E-state index in [1.54, 1.807) is 25.3 Å². The highest BCUT2D eigenvalue weighted by Crippen LogP contribution is 2.28. The molecule has 1 aromatic rings. The summed E-state index contributed by atoms with van der Waals surface area (Å²) >= 11 is 3.40. The first-order valence-corrected chi connectivity index (χ1v) is 5.92. The first kappa shape index (κ1) is 13.0. The Kier molecular flexibility index (Phi) is 4.80. The summed E-state index contributed by atoms with van der Waals surface area (Å²) in [4.78, 5) is 11.5. The van der Waals surface area contributed by atoms with Crippen molar-refractivity contribution in [2.45, 2.75) is 18.7 Å². The molecule has 0 spiro atoms. The Labute approximate surface area is 104 Å². The van der Waals surface area contributed by atoms with E-state index in [0.717, 1.165) is 0 Å². The molecule has 0 aliphatic carbocycles. The number of ether oxygens (including phenoxy) is 2. The molecule has 0 aromatic heterocycles. The number of hydrogen-bond acceptors (Lipinski definition) is 3. The van der Waals surface area contributed by atoms with E-state index in [4.69, 9.17) is 9.47 Å². The molecule has 0 aliphatic rings. The van der Waals surface area contributed by atoms with Crippen LogP contribution in [0.15, 0.2) is 18.2 Å². The van der Waals surface area contributed by atoms with Crippen molar-refractivity contribution >= 4 is 21.7 Å². The number of halogens is 1. The zero-order chi connectivity index (χ0) is 12.1. The van der Waals surface area contributed by atoms with Crippen LogP contribution < -0.4 is 9.47 Å². The van der Waals surface area contributed by atoms with E-state index < -0.39 is 0 Å². The minimum atomic E-state index is 0.0127. The van der Waals surface area contributed by atoms with Gasteiger partial charge in [0.25, 0.3) is 0 Å². The fourth-order valence-electron chi connectivity index (χ4n) is 1.21. The summed E-state index contributed by atoms with van der Waals surface area (Å²) in [5.41, 5.74) is 0.621. The van der Waals surface area contributed by atoms with Crippen molar-refractivity contribution in [3.8, 4) is 11.5 Å². The van der Waals surface area contributed by atoms with Crippen LogP contribution in [0.4, 0.5) is 0 Å². The van der Waals surface area contributed by atoms with Crippen molar-refractivity contribution in [2.75, 3.05) is 13.7 Å². The molecule has 0 radical (unpaired) electrons. The third-order valence-corrected chi connectivity index (χ3v) is 2.30. The van der Waals surface area contributed by atoms with Crippen LogP contribution >= 0.6 is 15.9 Å². The normalized spacial score (nSPS) is 12.0. The van der Waals surface area contributed by atoms with Crippen LogP contribution in [-0.4, -0.2) is 24.3 Å². The van der Waals surface area contributed by atoms with Gasteiger partial charge in [0.1, 0.15) is 6.61 Å². The van der Waals surface area contributed by atoms with Crippen molar-refractivity contribution < 1.29 is 14.3 Å². The number of rotatable bonds is 5. The minimum Gasteiger partial charge on any atom is -0.493 e. The first-order chi connectivity index (χ1) is 7.54. The topological polar surface area (TPSA) is 35.5 Å². The van der Waals surface area contributed by atoms with Crippen molar-refractivity contribution in [1.82, 2.24) is 0 Å². The highest BCUT2D eigenvalue weighted by atomic mass is 79.9. The average Bonchev–Trinajstić information content (AvgIpc) is 2.25. The van der Waals surface area contributed by atoms with Gasteiger partial charge in [0.15, 0.2) is 17.3 Å². The molecule has 0 amide bonds. The third kappa shape index (κ3) is 3.52. The molecular weight excluding hydrogens is 272 g/mol. The van der Waals surface area contributed by atoms with Crippen molar-refractivity contribution in [3.63, 3.8) is 0 Å². The van der Waals surface area contributed by atoms with Crippen LogP contribution in [0, 0.1) is 0 Å². The summed E-state index contributed by atoms with van der Waals surface area (Å²) in [5, 5.41) is 0. The third-order valence-electron chi connectivity index (χ3n) is 2.04. The second-order valence-corrected chi connectivity index (χ2v) is 5.08. The smallest absolute Gasteiger partial charge is 0.161 e. The molecule has 0 fully saturated rings. The van der Waals surface area contributed by atoms with E-state index in [-0.39, 0.29) is 10.6 Å². The Morgan fingerprint density at radius 1 is 1.44 bits per heavy atom. The van der Waals surface area contributed by atoms with Crippen LogP contribution in [0.3, 0.4) is 0 Å². The number of carbonyl (C=O) groups is 1. The van der Waals surface area contributed by atoms with Gasteiger partial charge in [-0.05, 0) is 32.0 Å². The summed E-state index contributed by atoms with van der Waals surface area (Å²) in [5.74, 6) is 1.25. The molecule has 0 heterocycles. The molecule has 0 saturated heterocycles. The highest BCUT2D eigenvalue weighted by Gasteiger charge is 2.08. The van der Waals surface area contributed by atoms with Crippen LogP contribution in [0.5, 0.6) is 11.5 Å². The Morgan fingerprint density at radius 3 is 2.62 bits per heavy atom. The van der Waals surface area contributed by atoms with Crippen molar-refractivity contribution in [3.05, 3.63) is 23.8 Å². The van der Waals surface area contributed by atoms with Crippen molar-refractivity contribution in [2.24, 2.45) is 0 Å². The number of carbonyl (C=O) groups excluding carboxylic acids is 1. The lowest BCUT2D eigenvalue weighted by Crippen LogP contribution is -2.08. The number of benzene rings is 1. The average molecular weight is 287 g/mol. The lowest BCUT2D eigenvalue weighted by atomic mass is 10.1. The van der Waals surface area contributed by atoms with Gasteiger partial charge in [0.05, 0.1) is 7.11 Å². The SMILES string of the molecule is COc1cc(C(C)=O)ccc1OCC(C)Br. The van der Waals surface area contributed by atoms with E-state index in [0.29, 0.717) is 23.7 Å². The molecule has 0 N–H and O–H groups in total. The summed E-state index contributed by atoms with van der Waals surface area (Å²) in [6.07, 6.45) is 0. The van der Waals surface area contributed by atoms with Gasteiger partial charge in [-0.2, -0.15) is 0 Å². The van der Waals surface area contributed by atoms with Gasteiger partial charge in [0.2, 0.25) is 0 Å². The maximum absolute atomic E-state index is 11.2. The van der Waals surface area contributed by atoms with Gasteiger partial charge < -0.3 is 9.47 Å². The molecule has 1 atom stereocenters. The molecule has 1 aromatic carbocycles. The Balaban J connectivity index is 2.89. The Bertz CT molecular complexity index is 375. The van der Waals surface area contributed by atoms with Gasteiger partial charge in [-0.25, -0.2) is 0 Å². The number of Topliss-reactive ketones (excluding diaryl/α,β-unsaturated/α-hetero) is 1. The van der Waals surface area contributed by atoms with E-state index in [9.17, 15) is 4.79 Å². The molecule has 0 saturated carbocycles. The zero-order valence-corrected chi connectivity index (χ0v) is 11.2. The van der Waals surface area contributed by atoms with Gasteiger partial charge in [0, 0.05) is 10.4 Å². The summed E-state index contributed by atoms with van der Waals surface area (Å²) in [6.45, 7) is 4.07. The maximum atomic E-state index is 11.2. The van der Waals surface area contributed by atoms with E-state index in [1.165, 1.54) is 6.92 Å². The largest absolute Gasteiger partial charge is 0.493 e. The maximum Gasteiger partial charge on any atom is 0.161 e. The molecule has 88 valence electrons. The Hall–Kier alpha value is -1.03. The lowest BCUT2D eigenvalue weighted by Gasteiger charge is -2.12. The second kappa shape index (κ2) is 5.89. The summed E-state index contributed by atoms with van der Waals surface area (Å²) < 4.78 is 10.7. The van der Waals surface area contributed by atoms with E-state index >= 15 is 0 Å². The molecule has 0 bridgehead atoms. The Morgan fingerprint density at radius 2 is 2.12 bits per heavy atom. The standard InChI is InChI=1S/C12H15BrO3/c1-8(13)7-16-11-5-4-10(9(2)14)6-12(11)15-3/h4-6,8H,7H2,1-3H3. The second-order valence-electron chi connectivity index (χ2n) is 3.51. The van der Waals surface area contributed by atoms with Gasteiger partial charge in [-0.1, -0.05) is 15.9 Å². The highest BCUT2D eigenvalue weighted by molar-refractivity contribution is 9.09. The molecule has 3 nitrogen and oxygen atoms in total. The molecule has 4 heteroatoms. The molecule has 1 rings (SSSR count). The van der Waals surface area contributed by atoms with Crippen molar-refractivity contribution in [1.29, 1.82) is 0 Å². The quantitative estimate of drug-likeness (QED) is 0.616. The van der Waals surface area contributed by atoms with Gasteiger partial charge in [-0.15, -0.1) is 0 Å². The minimum absolute atomic E-state index is 0.0127. The van der Waals surface area contributed by atoms with Crippen LogP contribution in [0.2, 0.25) is 0 Å². The number of hydrogen-bond donors (Lipinski definition) is 0. The number of alkyl halides is 1. The number of methoxy groups -OCH3 is 1. The van der Waals surface area contributed by atoms with E-state index in [2.05, 4.69) is 15.9 Å². The molecule has 0 aliphatic heterocycles. The fourth-order valence-corrected chi connectivity index (χ4v) is 1.34. The predicted molar refractivity (Wildman–Crippen MR) is 66.9 cm³/mol. The number of ketones is 1.